The number of ether oxygens (including phenoxy) is 2. The second-order valence-electron chi connectivity index (χ2n) is 7.99. The van der Waals surface area contributed by atoms with Gasteiger partial charge in [0.1, 0.15) is 48.3 Å². The fourth-order valence-corrected chi connectivity index (χ4v) is 3.46. The molecule has 21 heteroatoms. The van der Waals surface area contributed by atoms with Crippen LogP contribution in [0.15, 0.2) is 34.1 Å². The average molecular weight is 585 g/mol. The fourth-order valence-electron chi connectivity index (χ4n) is 3.46. The SMILES string of the molecule is Nc1ccn(C2OC(CO)C(O)C2O)c(=O)n1.Nc1ccn(C2OC(CO)C(O)C2O)c(=O)n1.O=S(=O)(O)O. The zero-order valence-electron chi connectivity index (χ0n) is 19.7. The lowest BCUT2D eigenvalue weighted by atomic mass is 10.1. The number of hydrogen-bond donors (Lipinski definition) is 10. The number of nitrogen functional groups attached to an aromatic ring is 2. The lowest BCUT2D eigenvalue weighted by Crippen LogP contribution is -2.36. The summed E-state index contributed by atoms with van der Waals surface area (Å²) in [7, 11) is -4.67. The van der Waals surface area contributed by atoms with E-state index < -0.39 is 84.1 Å². The van der Waals surface area contributed by atoms with E-state index in [0.717, 1.165) is 9.13 Å². The smallest absolute Gasteiger partial charge is 0.394 e. The van der Waals surface area contributed by atoms with Crippen molar-refractivity contribution in [1.82, 2.24) is 19.1 Å². The third-order valence-corrected chi connectivity index (χ3v) is 5.29. The van der Waals surface area contributed by atoms with Crippen molar-refractivity contribution in [3.8, 4) is 0 Å². The van der Waals surface area contributed by atoms with Gasteiger partial charge in [0, 0.05) is 12.4 Å². The zero-order chi connectivity index (χ0) is 29.7. The number of hydrogen-bond acceptors (Lipinski definition) is 16. The summed E-state index contributed by atoms with van der Waals surface area (Å²) >= 11 is 0. The van der Waals surface area contributed by atoms with E-state index in [1.54, 1.807) is 0 Å². The first-order valence-electron chi connectivity index (χ1n) is 10.7. The van der Waals surface area contributed by atoms with Crippen LogP contribution in [0.1, 0.15) is 12.5 Å². The number of nitrogens with two attached hydrogens (primary N) is 2. The Kier molecular flexibility index (Phi) is 11.0. The van der Waals surface area contributed by atoms with Gasteiger partial charge >= 0.3 is 21.8 Å². The molecule has 220 valence electrons. The number of rotatable bonds is 4. The summed E-state index contributed by atoms with van der Waals surface area (Å²) < 4.78 is 44.0. The molecule has 4 rings (SSSR count). The molecule has 2 aliphatic heterocycles. The molecule has 0 saturated carbocycles. The molecule has 2 fully saturated rings. The first kappa shape index (κ1) is 32.1. The fraction of sp³-hybridized carbons (Fsp3) is 0.556. The Morgan fingerprint density at radius 2 is 1.05 bits per heavy atom. The highest BCUT2D eigenvalue weighted by atomic mass is 32.3. The third kappa shape index (κ3) is 8.45. The highest BCUT2D eigenvalue weighted by Crippen LogP contribution is 2.28. The van der Waals surface area contributed by atoms with Gasteiger partial charge in [0.15, 0.2) is 12.5 Å². The van der Waals surface area contributed by atoms with E-state index in [-0.39, 0.29) is 11.6 Å². The van der Waals surface area contributed by atoms with E-state index in [0.29, 0.717) is 0 Å². The zero-order valence-corrected chi connectivity index (χ0v) is 20.5. The molecule has 8 atom stereocenters. The monoisotopic (exact) mass is 584 g/mol. The van der Waals surface area contributed by atoms with Gasteiger partial charge in [0.2, 0.25) is 0 Å². The van der Waals surface area contributed by atoms with E-state index in [9.17, 15) is 30.0 Å². The van der Waals surface area contributed by atoms with Gasteiger partial charge in [-0.15, -0.1) is 0 Å². The Bertz CT molecular complexity index is 1230. The van der Waals surface area contributed by atoms with Crippen LogP contribution in [0.4, 0.5) is 11.6 Å². The average Bonchev–Trinajstić information content (AvgIpc) is 3.28. The summed E-state index contributed by atoms with van der Waals surface area (Å²) in [5.74, 6) is 0.107. The van der Waals surface area contributed by atoms with Crippen LogP contribution in [0.25, 0.3) is 0 Å². The van der Waals surface area contributed by atoms with Crippen molar-refractivity contribution in [3.05, 3.63) is 45.5 Å². The molecule has 39 heavy (non-hydrogen) atoms. The van der Waals surface area contributed by atoms with E-state index in [2.05, 4.69) is 9.97 Å². The van der Waals surface area contributed by atoms with Crippen molar-refractivity contribution < 1.29 is 57.6 Å². The Labute approximate surface area is 218 Å². The Morgan fingerprint density at radius 1 is 0.744 bits per heavy atom. The van der Waals surface area contributed by atoms with E-state index in [1.165, 1.54) is 24.5 Å². The number of aliphatic hydroxyl groups is 6. The topological polar surface area (TPSA) is 336 Å². The third-order valence-electron chi connectivity index (χ3n) is 5.29. The molecule has 0 spiro atoms. The first-order valence-corrected chi connectivity index (χ1v) is 12.1. The van der Waals surface area contributed by atoms with Crippen LogP contribution in [0.3, 0.4) is 0 Å². The molecule has 2 aliphatic rings. The van der Waals surface area contributed by atoms with E-state index in [4.69, 9.17) is 48.7 Å². The Morgan fingerprint density at radius 3 is 1.28 bits per heavy atom. The molecule has 0 radical (unpaired) electrons. The van der Waals surface area contributed by atoms with Gasteiger partial charge < -0.3 is 51.6 Å². The Hall–Kier alpha value is -3.09. The first-order chi connectivity index (χ1) is 18.1. The molecule has 4 heterocycles. The van der Waals surface area contributed by atoms with Crippen LogP contribution < -0.4 is 22.8 Å². The summed E-state index contributed by atoms with van der Waals surface area (Å²) in [5, 5.41) is 56.3. The van der Waals surface area contributed by atoms with Crippen molar-refractivity contribution in [2.24, 2.45) is 0 Å². The lowest BCUT2D eigenvalue weighted by Gasteiger charge is -2.16. The predicted molar refractivity (Wildman–Crippen MR) is 126 cm³/mol. The summed E-state index contributed by atoms with van der Waals surface area (Å²) in [5.41, 5.74) is 9.26. The Balaban J connectivity index is 0.000000234. The molecule has 0 aromatic carbocycles. The number of aromatic nitrogens is 4. The number of anilines is 2. The molecule has 0 bridgehead atoms. The van der Waals surface area contributed by atoms with Gasteiger partial charge in [0.05, 0.1) is 13.2 Å². The molecule has 0 aliphatic carbocycles. The van der Waals surface area contributed by atoms with Crippen LogP contribution >= 0.6 is 0 Å². The van der Waals surface area contributed by atoms with Crippen LogP contribution in [0.2, 0.25) is 0 Å². The minimum absolute atomic E-state index is 0.0537. The summed E-state index contributed by atoms with van der Waals surface area (Å²) in [4.78, 5) is 30.0. The van der Waals surface area contributed by atoms with Crippen molar-refractivity contribution >= 4 is 22.0 Å². The lowest BCUT2D eigenvalue weighted by molar-refractivity contribution is -0.0549. The highest BCUT2D eigenvalue weighted by molar-refractivity contribution is 7.79. The quantitative estimate of drug-likeness (QED) is 0.150. The molecule has 0 amide bonds. The van der Waals surface area contributed by atoms with Gasteiger partial charge in [-0.3, -0.25) is 18.2 Å². The second kappa shape index (κ2) is 13.3. The predicted octanol–water partition coefficient (Wildman–Crippen LogP) is -5.78. The summed E-state index contributed by atoms with van der Waals surface area (Å²) in [6.07, 6.45) is -6.53. The van der Waals surface area contributed by atoms with Gasteiger partial charge in [-0.25, -0.2) is 9.59 Å². The molecule has 20 nitrogen and oxygen atoms in total. The maximum Gasteiger partial charge on any atom is 0.394 e. The van der Waals surface area contributed by atoms with E-state index in [1.807, 2.05) is 0 Å². The van der Waals surface area contributed by atoms with Crippen LogP contribution in [-0.2, 0) is 19.9 Å². The van der Waals surface area contributed by atoms with Crippen molar-refractivity contribution in [1.29, 1.82) is 0 Å². The summed E-state index contributed by atoms with van der Waals surface area (Å²) in [6, 6.07) is 2.74. The van der Waals surface area contributed by atoms with Gasteiger partial charge in [-0.1, -0.05) is 0 Å². The van der Waals surface area contributed by atoms with Gasteiger partial charge in [0.25, 0.3) is 0 Å². The molecule has 12 N–H and O–H groups in total. The standard InChI is InChI=1S/2C9H13N3O5.H2O4S/c2*10-5-1-2-12(9(16)11-5)8-7(15)6(14)4(3-13)17-8;1-5(2,3)4/h2*1-2,4,6-8,13-15H,3H2,(H2,10,11,16);(H2,1,2,3,4). The maximum absolute atomic E-state index is 11.5. The summed E-state index contributed by atoms with van der Waals surface area (Å²) in [6.45, 7) is -0.905. The molecule has 2 saturated heterocycles. The van der Waals surface area contributed by atoms with Crippen LogP contribution in [-0.4, -0.2) is 117 Å². The number of aliphatic hydroxyl groups excluding tert-OH is 6. The molecule has 8 unspecified atom stereocenters. The minimum Gasteiger partial charge on any atom is -0.394 e. The van der Waals surface area contributed by atoms with Gasteiger partial charge in [-0.05, 0) is 12.1 Å². The number of nitrogens with zero attached hydrogens (tertiary/aromatic N) is 4. The van der Waals surface area contributed by atoms with Crippen molar-refractivity contribution in [2.45, 2.75) is 49.1 Å². The van der Waals surface area contributed by atoms with Crippen molar-refractivity contribution in [2.75, 3.05) is 24.7 Å². The molecule has 2 aromatic heterocycles. The normalized spacial score (nSPS) is 30.2. The molecular weight excluding hydrogens is 556 g/mol. The van der Waals surface area contributed by atoms with E-state index >= 15 is 0 Å². The largest absolute Gasteiger partial charge is 0.394 e. The molecule has 2 aromatic rings. The van der Waals surface area contributed by atoms with Gasteiger partial charge in [-0.2, -0.15) is 18.4 Å². The highest BCUT2D eigenvalue weighted by Gasteiger charge is 2.44. The van der Waals surface area contributed by atoms with Crippen LogP contribution in [0, 0.1) is 0 Å². The maximum atomic E-state index is 11.5. The van der Waals surface area contributed by atoms with Crippen LogP contribution in [0.5, 0.6) is 0 Å². The van der Waals surface area contributed by atoms with Crippen molar-refractivity contribution in [3.63, 3.8) is 0 Å². The minimum atomic E-state index is -4.67. The molecular formula is C18H28N6O14S. The second-order valence-corrected chi connectivity index (χ2v) is 8.89.